The maximum Gasteiger partial charge on any atom is 0.147 e. The van der Waals surface area contributed by atoms with Crippen LogP contribution in [-0.2, 0) is 19.6 Å². The van der Waals surface area contributed by atoms with E-state index in [4.69, 9.17) is 10.2 Å². The van der Waals surface area contributed by atoms with Gasteiger partial charge in [0, 0.05) is 18.0 Å². The molecule has 0 radical (unpaired) electrons. The second-order valence-electron chi connectivity index (χ2n) is 8.05. The Balaban J connectivity index is 1.55. The fourth-order valence-corrected chi connectivity index (χ4v) is 4.12. The molecular formula is C26H28N6. The molecule has 0 aliphatic carbocycles. The van der Waals surface area contributed by atoms with Crippen LogP contribution in [0.3, 0.4) is 0 Å². The van der Waals surface area contributed by atoms with Crippen molar-refractivity contribution in [3.05, 3.63) is 89.6 Å². The van der Waals surface area contributed by atoms with Gasteiger partial charge in [0.25, 0.3) is 0 Å². The predicted molar refractivity (Wildman–Crippen MR) is 126 cm³/mol. The Bertz CT molecular complexity index is 1200. The molecule has 162 valence electrons. The summed E-state index contributed by atoms with van der Waals surface area (Å²) in [4.78, 5) is 7.35. The molecule has 0 unspecified atom stereocenters. The monoisotopic (exact) mass is 424 g/mol. The number of hydrogen-bond donors (Lipinski definition) is 0. The van der Waals surface area contributed by atoms with Crippen molar-refractivity contribution in [1.29, 1.82) is 5.26 Å². The van der Waals surface area contributed by atoms with E-state index in [0.717, 1.165) is 47.4 Å². The van der Waals surface area contributed by atoms with Crippen molar-refractivity contribution in [3.8, 4) is 6.07 Å². The number of hydrogen-bond acceptors (Lipinski definition) is 5. The molecule has 4 aromatic rings. The smallest absolute Gasteiger partial charge is 0.147 e. The summed E-state index contributed by atoms with van der Waals surface area (Å²) in [5.41, 5.74) is 3.88. The molecule has 6 heteroatoms. The van der Waals surface area contributed by atoms with Crippen LogP contribution in [0, 0.1) is 11.3 Å². The maximum atomic E-state index is 9.02. The normalized spacial score (nSPS) is 11.3. The predicted octanol–water partition coefficient (Wildman–Crippen LogP) is 4.94. The Morgan fingerprint density at radius 2 is 1.75 bits per heavy atom. The summed E-state index contributed by atoms with van der Waals surface area (Å²) in [6.45, 7) is 6.62. The first kappa shape index (κ1) is 21.7. The molecular weight excluding hydrogens is 396 g/mol. The summed E-state index contributed by atoms with van der Waals surface area (Å²) in [7, 11) is 0. The van der Waals surface area contributed by atoms with E-state index in [1.54, 1.807) is 6.33 Å². The third-order valence-electron chi connectivity index (χ3n) is 5.96. The zero-order valence-corrected chi connectivity index (χ0v) is 18.6. The lowest BCUT2D eigenvalue weighted by Crippen LogP contribution is -2.34. The number of rotatable bonds is 9. The molecule has 2 aromatic heterocycles. The van der Waals surface area contributed by atoms with Gasteiger partial charge in [-0.1, -0.05) is 50.2 Å². The highest BCUT2D eigenvalue weighted by atomic mass is 15.3. The van der Waals surface area contributed by atoms with Gasteiger partial charge in [-0.25, -0.2) is 0 Å². The van der Waals surface area contributed by atoms with Crippen molar-refractivity contribution >= 4 is 10.9 Å². The molecule has 0 N–H and O–H groups in total. The van der Waals surface area contributed by atoms with Gasteiger partial charge >= 0.3 is 0 Å². The standard InChI is InChI=1S/C26H28N6/c1-3-24(4-2)31(17-23-14-13-22-7-5-6-8-25(22)29-23)18-26-30-28-19-32(26)16-21-11-9-20(15-27)10-12-21/h5-14,19,24H,3-4,16-18H2,1-2H3. The molecule has 0 spiro atoms. The molecule has 0 fully saturated rings. The van der Waals surface area contributed by atoms with Crippen molar-refractivity contribution in [2.45, 2.75) is 52.4 Å². The van der Waals surface area contributed by atoms with E-state index >= 15 is 0 Å². The number of pyridine rings is 1. The van der Waals surface area contributed by atoms with Crippen molar-refractivity contribution < 1.29 is 0 Å². The number of benzene rings is 2. The van der Waals surface area contributed by atoms with Crippen LogP contribution in [0.2, 0.25) is 0 Å². The van der Waals surface area contributed by atoms with Crippen molar-refractivity contribution in [2.24, 2.45) is 0 Å². The summed E-state index contributed by atoms with van der Waals surface area (Å²) in [6.07, 6.45) is 3.91. The number of nitriles is 1. The Labute approximate surface area is 189 Å². The Morgan fingerprint density at radius 1 is 0.969 bits per heavy atom. The molecule has 0 amide bonds. The van der Waals surface area contributed by atoms with E-state index in [2.05, 4.69) is 63.8 Å². The molecule has 0 saturated heterocycles. The van der Waals surface area contributed by atoms with Gasteiger partial charge in [-0.3, -0.25) is 9.88 Å². The lowest BCUT2D eigenvalue weighted by atomic mass is 10.1. The molecule has 0 bridgehead atoms. The van der Waals surface area contributed by atoms with Crippen molar-refractivity contribution in [2.75, 3.05) is 0 Å². The van der Waals surface area contributed by atoms with Crippen LogP contribution < -0.4 is 0 Å². The average Bonchev–Trinajstić information content (AvgIpc) is 3.26. The Hall–Kier alpha value is -3.56. The molecule has 2 aromatic carbocycles. The first-order chi connectivity index (χ1) is 15.7. The van der Waals surface area contributed by atoms with E-state index < -0.39 is 0 Å². The lowest BCUT2D eigenvalue weighted by molar-refractivity contribution is 0.160. The van der Waals surface area contributed by atoms with Gasteiger partial charge < -0.3 is 4.57 Å². The van der Waals surface area contributed by atoms with Crippen molar-refractivity contribution in [1.82, 2.24) is 24.6 Å². The van der Waals surface area contributed by atoms with Gasteiger partial charge in [0.2, 0.25) is 0 Å². The molecule has 32 heavy (non-hydrogen) atoms. The minimum Gasteiger partial charge on any atom is -0.312 e. The van der Waals surface area contributed by atoms with E-state index in [1.165, 1.54) is 0 Å². The first-order valence-electron chi connectivity index (χ1n) is 11.1. The maximum absolute atomic E-state index is 9.02. The number of para-hydroxylation sites is 1. The second-order valence-corrected chi connectivity index (χ2v) is 8.05. The lowest BCUT2D eigenvalue weighted by Gasteiger charge is -2.30. The zero-order chi connectivity index (χ0) is 22.3. The Morgan fingerprint density at radius 3 is 2.50 bits per heavy atom. The quantitative estimate of drug-likeness (QED) is 0.381. The van der Waals surface area contributed by atoms with E-state index in [0.29, 0.717) is 24.7 Å². The SMILES string of the molecule is CCC(CC)N(Cc1ccc2ccccc2n1)Cc1nncn1Cc1ccc(C#N)cc1. The van der Waals surface area contributed by atoms with E-state index in [-0.39, 0.29) is 0 Å². The van der Waals surface area contributed by atoms with Crippen LogP contribution in [0.5, 0.6) is 0 Å². The topological polar surface area (TPSA) is 70.6 Å². The minimum atomic E-state index is 0.434. The molecule has 0 saturated carbocycles. The zero-order valence-electron chi connectivity index (χ0n) is 18.6. The largest absolute Gasteiger partial charge is 0.312 e. The van der Waals surface area contributed by atoms with Gasteiger partial charge in [0.05, 0.1) is 35.9 Å². The summed E-state index contributed by atoms with van der Waals surface area (Å²) in [6, 6.07) is 22.8. The average molecular weight is 425 g/mol. The highest BCUT2D eigenvalue weighted by Crippen LogP contribution is 2.19. The molecule has 0 aliphatic heterocycles. The number of nitrogens with zero attached hydrogens (tertiary/aromatic N) is 6. The van der Waals surface area contributed by atoms with Crippen LogP contribution in [-0.4, -0.2) is 30.7 Å². The second kappa shape index (κ2) is 10.2. The van der Waals surface area contributed by atoms with Gasteiger partial charge in [-0.15, -0.1) is 10.2 Å². The summed E-state index contributed by atoms with van der Waals surface area (Å²) < 4.78 is 2.09. The summed E-state index contributed by atoms with van der Waals surface area (Å²) in [5.74, 6) is 0.932. The molecule has 4 rings (SSSR count). The minimum absolute atomic E-state index is 0.434. The van der Waals surface area contributed by atoms with E-state index in [9.17, 15) is 0 Å². The van der Waals surface area contributed by atoms with Crippen LogP contribution >= 0.6 is 0 Å². The fraction of sp³-hybridized carbons (Fsp3) is 0.308. The van der Waals surface area contributed by atoms with Crippen LogP contribution in [0.25, 0.3) is 10.9 Å². The first-order valence-corrected chi connectivity index (χ1v) is 11.1. The molecule has 6 nitrogen and oxygen atoms in total. The van der Waals surface area contributed by atoms with Crippen LogP contribution in [0.4, 0.5) is 0 Å². The van der Waals surface area contributed by atoms with Crippen LogP contribution in [0.15, 0.2) is 67.0 Å². The van der Waals surface area contributed by atoms with Gasteiger partial charge in [-0.2, -0.15) is 5.26 Å². The molecule has 2 heterocycles. The van der Waals surface area contributed by atoms with Crippen molar-refractivity contribution in [3.63, 3.8) is 0 Å². The molecule has 0 aliphatic rings. The number of fused-ring (bicyclic) bond motifs is 1. The third kappa shape index (κ3) is 5.01. The highest BCUT2D eigenvalue weighted by Gasteiger charge is 2.19. The summed E-state index contributed by atoms with van der Waals surface area (Å²) >= 11 is 0. The van der Waals surface area contributed by atoms with E-state index in [1.807, 2.05) is 36.4 Å². The summed E-state index contributed by atoms with van der Waals surface area (Å²) in [5, 5.41) is 18.8. The van der Waals surface area contributed by atoms with Gasteiger partial charge in [0.15, 0.2) is 0 Å². The number of aromatic nitrogens is 4. The highest BCUT2D eigenvalue weighted by molar-refractivity contribution is 5.78. The fourth-order valence-electron chi connectivity index (χ4n) is 4.12. The van der Waals surface area contributed by atoms with Gasteiger partial charge in [0.1, 0.15) is 12.2 Å². The van der Waals surface area contributed by atoms with Crippen LogP contribution in [0.1, 0.15) is 49.3 Å². The van der Waals surface area contributed by atoms with Gasteiger partial charge in [-0.05, 0) is 42.7 Å². The Kier molecular flexibility index (Phi) is 6.88. The molecule has 0 atom stereocenters. The third-order valence-corrected chi connectivity index (χ3v) is 5.96.